The van der Waals surface area contributed by atoms with Gasteiger partial charge in [-0.15, -0.1) is 0 Å². The fourth-order valence-corrected chi connectivity index (χ4v) is 5.42. The van der Waals surface area contributed by atoms with Gasteiger partial charge in [-0.3, -0.25) is 0 Å². The van der Waals surface area contributed by atoms with Crippen LogP contribution in [0, 0.1) is 12.8 Å². The fourth-order valence-electron chi connectivity index (χ4n) is 3.19. The molecule has 0 radical (unpaired) electrons. The molecule has 0 spiro atoms. The number of nitrogens with two attached hydrogens (primary N) is 1. The predicted molar refractivity (Wildman–Crippen MR) is 90.4 cm³/mol. The predicted octanol–water partition coefficient (Wildman–Crippen LogP) is 2.52. The van der Waals surface area contributed by atoms with Crippen molar-refractivity contribution in [3.8, 4) is 5.75 Å². The summed E-state index contributed by atoms with van der Waals surface area (Å²) in [6.45, 7) is 2.31. The number of benzene rings is 2. The van der Waals surface area contributed by atoms with E-state index in [0.29, 0.717) is 11.4 Å². The van der Waals surface area contributed by atoms with Crippen LogP contribution in [0.1, 0.15) is 17.0 Å². The number of rotatable bonds is 5. The fraction of sp³-hybridized carbons (Fsp3) is 0.333. The first-order valence-electron chi connectivity index (χ1n) is 7.63. The van der Waals surface area contributed by atoms with Crippen LogP contribution in [-0.2, 0) is 9.84 Å². The monoisotopic (exact) mass is 331 g/mol. The van der Waals surface area contributed by atoms with Gasteiger partial charge in [0.15, 0.2) is 9.84 Å². The van der Waals surface area contributed by atoms with E-state index < -0.39 is 15.1 Å². The summed E-state index contributed by atoms with van der Waals surface area (Å²) in [4.78, 5) is 0.377. The second-order valence-electron chi connectivity index (χ2n) is 6.02. The van der Waals surface area contributed by atoms with Crippen molar-refractivity contribution in [2.45, 2.75) is 23.0 Å². The average Bonchev–Trinajstić information content (AvgIpc) is 3.31. The molecule has 0 unspecified atom stereocenters. The Morgan fingerprint density at radius 3 is 2.17 bits per heavy atom. The number of methoxy groups -OCH3 is 1. The van der Waals surface area contributed by atoms with Gasteiger partial charge in [0, 0.05) is 5.92 Å². The molecule has 1 aliphatic carbocycles. The number of ether oxygens (including phenoxy) is 1. The minimum atomic E-state index is -3.37. The highest BCUT2D eigenvalue weighted by Crippen LogP contribution is 2.53. The van der Waals surface area contributed by atoms with Crippen molar-refractivity contribution in [2.75, 3.05) is 13.7 Å². The third kappa shape index (κ3) is 2.86. The molecular weight excluding hydrogens is 310 g/mol. The second-order valence-corrected chi connectivity index (χ2v) is 8.13. The summed E-state index contributed by atoms with van der Waals surface area (Å²) in [6, 6.07) is 14.6. The number of aryl methyl sites for hydroxylation is 1. The van der Waals surface area contributed by atoms with Crippen LogP contribution in [0.3, 0.4) is 0 Å². The van der Waals surface area contributed by atoms with Crippen LogP contribution in [0.4, 0.5) is 0 Å². The van der Waals surface area contributed by atoms with Gasteiger partial charge in [0.2, 0.25) is 0 Å². The molecule has 4 nitrogen and oxygen atoms in total. The van der Waals surface area contributed by atoms with Crippen LogP contribution in [0.5, 0.6) is 5.75 Å². The molecule has 0 aliphatic heterocycles. The summed E-state index contributed by atoms with van der Waals surface area (Å²) in [5.41, 5.74) is 7.86. The van der Waals surface area contributed by atoms with E-state index in [2.05, 4.69) is 0 Å². The van der Waals surface area contributed by atoms with Crippen LogP contribution < -0.4 is 10.5 Å². The number of hydrogen-bond donors (Lipinski definition) is 1. The zero-order chi connectivity index (χ0) is 16.6. The quantitative estimate of drug-likeness (QED) is 0.914. The largest absolute Gasteiger partial charge is 0.497 e. The van der Waals surface area contributed by atoms with E-state index in [-0.39, 0.29) is 11.8 Å². The third-order valence-electron chi connectivity index (χ3n) is 4.58. The molecule has 2 aromatic carbocycles. The zero-order valence-corrected chi connectivity index (χ0v) is 14.1. The highest BCUT2D eigenvalue weighted by Gasteiger charge is 2.57. The Balaban J connectivity index is 1.90. The summed E-state index contributed by atoms with van der Waals surface area (Å²) < 4.78 is 31.0. The molecule has 0 bridgehead atoms. The molecule has 2 aromatic rings. The maximum absolute atomic E-state index is 12.9. The molecule has 0 saturated heterocycles. The molecule has 122 valence electrons. The topological polar surface area (TPSA) is 69.4 Å². The smallest absolute Gasteiger partial charge is 0.182 e. The lowest BCUT2D eigenvalue weighted by atomic mass is 10.1. The van der Waals surface area contributed by atoms with E-state index in [1.807, 2.05) is 43.3 Å². The molecule has 5 heteroatoms. The van der Waals surface area contributed by atoms with Gasteiger partial charge in [-0.1, -0.05) is 29.8 Å². The molecule has 0 amide bonds. The molecule has 3 rings (SSSR count). The van der Waals surface area contributed by atoms with Gasteiger partial charge < -0.3 is 10.5 Å². The second kappa shape index (κ2) is 5.98. The van der Waals surface area contributed by atoms with E-state index in [0.717, 1.165) is 16.9 Å². The lowest BCUT2D eigenvalue weighted by Gasteiger charge is -2.05. The van der Waals surface area contributed by atoms with Gasteiger partial charge in [-0.2, -0.15) is 0 Å². The maximum Gasteiger partial charge on any atom is 0.182 e. The summed E-state index contributed by atoms with van der Waals surface area (Å²) in [6.07, 6.45) is 0. The van der Waals surface area contributed by atoms with Crippen molar-refractivity contribution >= 4 is 9.84 Å². The number of hydrogen-bond acceptors (Lipinski definition) is 4. The highest BCUT2D eigenvalue weighted by atomic mass is 32.2. The van der Waals surface area contributed by atoms with Gasteiger partial charge in [-0.25, -0.2) is 8.42 Å². The zero-order valence-electron chi connectivity index (χ0n) is 13.3. The Kier molecular flexibility index (Phi) is 4.17. The van der Waals surface area contributed by atoms with Gasteiger partial charge in [0.25, 0.3) is 0 Å². The first-order chi connectivity index (χ1) is 11.0. The van der Waals surface area contributed by atoms with Gasteiger partial charge in [-0.05, 0) is 49.2 Å². The van der Waals surface area contributed by atoms with Crippen molar-refractivity contribution in [1.82, 2.24) is 0 Å². The van der Waals surface area contributed by atoms with E-state index in [4.69, 9.17) is 10.5 Å². The third-order valence-corrected chi connectivity index (χ3v) is 6.87. The highest BCUT2D eigenvalue weighted by molar-refractivity contribution is 7.92. The van der Waals surface area contributed by atoms with Crippen LogP contribution in [0.15, 0.2) is 53.4 Å². The Labute approximate surface area is 137 Å². The van der Waals surface area contributed by atoms with Gasteiger partial charge in [0.05, 0.1) is 17.3 Å². The van der Waals surface area contributed by atoms with Crippen molar-refractivity contribution in [2.24, 2.45) is 11.7 Å². The summed E-state index contributed by atoms with van der Waals surface area (Å²) in [5.74, 6) is 0.684. The normalized spacial score (nSPS) is 23.5. The molecule has 1 saturated carbocycles. The average molecular weight is 331 g/mol. The SMILES string of the molecule is COc1ccc([C@@H]2[C@H](CN)[C@H]2S(=O)(=O)c2ccc(C)cc2)cc1. The minimum Gasteiger partial charge on any atom is -0.497 e. The van der Waals surface area contributed by atoms with Crippen molar-refractivity contribution < 1.29 is 13.2 Å². The Bertz CT molecular complexity index is 782. The first-order valence-corrected chi connectivity index (χ1v) is 9.18. The van der Waals surface area contributed by atoms with E-state index >= 15 is 0 Å². The molecule has 1 aliphatic rings. The van der Waals surface area contributed by atoms with Gasteiger partial charge >= 0.3 is 0 Å². The van der Waals surface area contributed by atoms with E-state index in [9.17, 15) is 8.42 Å². The molecule has 0 heterocycles. The van der Waals surface area contributed by atoms with Crippen molar-refractivity contribution in [3.63, 3.8) is 0 Å². The first kappa shape index (κ1) is 16.0. The Morgan fingerprint density at radius 2 is 1.65 bits per heavy atom. The lowest BCUT2D eigenvalue weighted by Crippen LogP contribution is -2.13. The standard InChI is InChI=1S/C18H21NO3S/c1-12-3-9-15(10-4-12)23(20,21)18-16(11-19)17(18)13-5-7-14(22-2)8-6-13/h3-10,16-18H,11,19H2,1-2H3/t16-,17+,18+/m0/s1. The summed E-state index contributed by atoms with van der Waals surface area (Å²) in [7, 11) is -1.76. The van der Waals surface area contributed by atoms with Gasteiger partial charge in [0.1, 0.15) is 5.75 Å². The number of sulfone groups is 1. The summed E-state index contributed by atoms with van der Waals surface area (Å²) in [5, 5.41) is -0.441. The minimum absolute atomic E-state index is 0.0327. The van der Waals surface area contributed by atoms with Crippen LogP contribution in [0.2, 0.25) is 0 Å². The molecule has 0 aromatic heterocycles. The lowest BCUT2D eigenvalue weighted by molar-refractivity contribution is 0.414. The molecule has 3 atom stereocenters. The van der Waals surface area contributed by atoms with Crippen molar-refractivity contribution in [1.29, 1.82) is 0 Å². The van der Waals surface area contributed by atoms with Crippen molar-refractivity contribution in [3.05, 3.63) is 59.7 Å². The maximum atomic E-state index is 12.9. The molecule has 2 N–H and O–H groups in total. The molecular formula is C18H21NO3S. The van der Waals surface area contributed by atoms with Crippen LogP contribution in [-0.4, -0.2) is 27.3 Å². The van der Waals surface area contributed by atoms with Crippen LogP contribution >= 0.6 is 0 Å². The summed E-state index contributed by atoms with van der Waals surface area (Å²) >= 11 is 0. The molecule has 23 heavy (non-hydrogen) atoms. The van der Waals surface area contributed by atoms with Crippen LogP contribution in [0.25, 0.3) is 0 Å². The van der Waals surface area contributed by atoms with E-state index in [1.54, 1.807) is 19.2 Å². The Morgan fingerprint density at radius 1 is 1.04 bits per heavy atom. The van der Waals surface area contributed by atoms with E-state index in [1.165, 1.54) is 0 Å². The molecule has 1 fully saturated rings. The Hall–Kier alpha value is -1.85.